The molecule has 0 unspecified atom stereocenters. The summed E-state index contributed by atoms with van der Waals surface area (Å²) in [6.45, 7) is 0. The lowest BCUT2D eigenvalue weighted by Gasteiger charge is -1.89. The van der Waals surface area contributed by atoms with Gasteiger partial charge in [-0.05, 0) is 11.6 Å². The molecule has 0 saturated carbocycles. The smallest absolute Gasteiger partial charge is 0.282 e. The van der Waals surface area contributed by atoms with Gasteiger partial charge in [-0.15, -0.1) is 0 Å². The lowest BCUT2D eigenvalue weighted by atomic mass is 10.2. The molecule has 0 fully saturated rings. The van der Waals surface area contributed by atoms with Crippen LogP contribution in [0.25, 0.3) is 6.08 Å². The molecule has 0 bridgehead atoms. The molecule has 0 aromatic heterocycles. The van der Waals surface area contributed by atoms with Crippen LogP contribution in [0.5, 0.6) is 0 Å². The molecule has 68 valence electrons. The van der Waals surface area contributed by atoms with Gasteiger partial charge in [-0.1, -0.05) is 30.3 Å². The third-order valence-corrected chi connectivity index (χ3v) is 1.71. The Labute approximate surface area is 93.4 Å². The zero-order chi connectivity index (χ0) is 9.03. The van der Waals surface area contributed by atoms with Crippen LogP contribution in [0.1, 0.15) is 5.56 Å². The highest BCUT2D eigenvalue weighted by molar-refractivity contribution is 7.88. The van der Waals surface area contributed by atoms with Crippen LogP contribution in [-0.2, 0) is 10.1 Å². The van der Waals surface area contributed by atoms with Crippen molar-refractivity contribution >= 4 is 39.2 Å². The van der Waals surface area contributed by atoms with Crippen LogP contribution in [0.15, 0.2) is 35.7 Å². The zero-order valence-corrected chi connectivity index (χ0v) is 7.03. The molecular weight excluding hydrogens is 200 g/mol. The maximum Gasteiger partial charge on any atom is 0.316 e. The van der Waals surface area contributed by atoms with Crippen molar-refractivity contribution in [3.8, 4) is 0 Å². The van der Waals surface area contributed by atoms with Gasteiger partial charge in [0.25, 0.3) is 10.1 Å². The van der Waals surface area contributed by atoms with E-state index in [1.807, 2.05) is 6.07 Å². The summed E-state index contributed by atoms with van der Waals surface area (Å²) in [5.74, 6) is 0. The van der Waals surface area contributed by atoms with Crippen molar-refractivity contribution in [2.75, 3.05) is 0 Å². The maximum atomic E-state index is 10.3. The van der Waals surface area contributed by atoms with E-state index in [0.717, 1.165) is 11.0 Å². The monoisotopic (exact) mass is 210 g/mol. The van der Waals surface area contributed by atoms with E-state index >= 15 is 0 Å². The Morgan fingerprint density at radius 1 is 1.15 bits per heavy atom. The van der Waals surface area contributed by atoms with Crippen LogP contribution in [-0.4, -0.2) is 36.0 Å². The fourth-order valence-corrected chi connectivity index (χ4v) is 1.06. The molecule has 0 aliphatic carbocycles. The van der Waals surface area contributed by atoms with E-state index in [1.54, 1.807) is 24.3 Å². The largest absolute Gasteiger partial charge is 0.316 e. The fourth-order valence-electron chi connectivity index (χ4n) is 0.729. The zero-order valence-electron chi connectivity index (χ0n) is 6.21. The summed E-state index contributed by atoms with van der Waals surface area (Å²) in [6.07, 6.45) is 1.33. The van der Waals surface area contributed by atoms with E-state index in [-0.39, 0.29) is 23.1 Å². The quantitative estimate of drug-likeness (QED) is 0.575. The minimum Gasteiger partial charge on any atom is -0.282 e. The molecule has 1 aromatic carbocycles. The highest BCUT2D eigenvalue weighted by Crippen LogP contribution is 2.01. The van der Waals surface area contributed by atoms with Gasteiger partial charge in [-0.25, -0.2) is 0 Å². The van der Waals surface area contributed by atoms with Crippen molar-refractivity contribution in [2.24, 2.45) is 0 Å². The molecule has 3 nitrogen and oxygen atoms in total. The first-order valence-electron chi connectivity index (χ1n) is 3.28. The van der Waals surface area contributed by atoms with E-state index in [9.17, 15) is 8.42 Å². The van der Waals surface area contributed by atoms with Crippen LogP contribution < -0.4 is 0 Å². The summed E-state index contributed by atoms with van der Waals surface area (Å²) in [5, 5.41) is 0.752. The number of hydrogen-bond donors (Lipinski definition) is 1. The predicted octanol–water partition coefficient (Wildman–Crippen LogP) is 0.629. The van der Waals surface area contributed by atoms with Crippen molar-refractivity contribution in [2.45, 2.75) is 0 Å². The van der Waals surface area contributed by atoms with Crippen LogP contribution >= 0.6 is 0 Å². The second kappa shape index (κ2) is 5.38. The fraction of sp³-hybridized carbons (Fsp3) is 0. The average Bonchev–Trinajstić information content (AvgIpc) is 2.02. The van der Waals surface area contributed by atoms with Crippen LogP contribution in [0, 0.1) is 0 Å². The molecule has 0 aliphatic rings. The van der Waals surface area contributed by atoms with Gasteiger partial charge in [0.2, 0.25) is 0 Å². The molecule has 0 amide bonds. The summed E-state index contributed by atoms with van der Waals surface area (Å²) in [4.78, 5) is 0. The molecule has 0 saturated heterocycles. The molecule has 1 aromatic rings. The highest BCUT2D eigenvalue weighted by atomic mass is 32.2. The Balaban J connectivity index is 0.00000144. The maximum absolute atomic E-state index is 10.3. The summed E-state index contributed by atoms with van der Waals surface area (Å²) in [5.41, 5.74) is 0.732. The SMILES string of the molecule is O=S(=O)(O)C=Cc1ccccc1.[MgH2]. The third-order valence-electron chi connectivity index (χ3n) is 1.23. The molecule has 0 atom stereocenters. The van der Waals surface area contributed by atoms with Crippen molar-refractivity contribution < 1.29 is 13.0 Å². The summed E-state index contributed by atoms with van der Waals surface area (Å²) in [6, 6.07) is 8.86. The van der Waals surface area contributed by atoms with Gasteiger partial charge in [0, 0.05) is 0 Å². The van der Waals surface area contributed by atoms with Crippen molar-refractivity contribution in [1.82, 2.24) is 0 Å². The van der Waals surface area contributed by atoms with Gasteiger partial charge in [0.15, 0.2) is 0 Å². The number of benzene rings is 1. The average molecular weight is 211 g/mol. The van der Waals surface area contributed by atoms with Gasteiger partial charge in [0.05, 0.1) is 5.41 Å². The van der Waals surface area contributed by atoms with Crippen molar-refractivity contribution in [1.29, 1.82) is 0 Å². The van der Waals surface area contributed by atoms with Crippen LogP contribution in [0.4, 0.5) is 0 Å². The van der Waals surface area contributed by atoms with Gasteiger partial charge in [-0.2, -0.15) is 8.42 Å². The predicted molar refractivity (Wildman–Crippen MR) is 55.6 cm³/mol. The number of rotatable bonds is 2. The van der Waals surface area contributed by atoms with Crippen molar-refractivity contribution in [3.63, 3.8) is 0 Å². The molecule has 0 heterocycles. The second-order valence-electron chi connectivity index (χ2n) is 2.23. The summed E-state index contributed by atoms with van der Waals surface area (Å²) in [7, 11) is -4.00. The minimum atomic E-state index is -4.00. The normalized spacial score (nSPS) is 11.2. The first-order valence-corrected chi connectivity index (χ1v) is 4.79. The molecule has 1 rings (SSSR count). The Bertz CT molecular complexity index is 370. The molecule has 0 radical (unpaired) electrons. The van der Waals surface area contributed by atoms with E-state index in [2.05, 4.69) is 0 Å². The van der Waals surface area contributed by atoms with E-state index in [1.165, 1.54) is 6.08 Å². The van der Waals surface area contributed by atoms with Gasteiger partial charge in [0.1, 0.15) is 0 Å². The third kappa shape index (κ3) is 5.81. The first kappa shape index (κ1) is 12.6. The van der Waals surface area contributed by atoms with E-state index < -0.39 is 10.1 Å². The highest BCUT2D eigenvalue weighted by Gasteiger charge is 1.94. The Kier molecular flexibility index (Phi) is 5.23. The molecule has 5 heteroatoms. The standard InChI is InChI=1S/C8H8O3S.Mg.2H/c9-12(10,11)7-6-8-4-2-1-3-5-8;;;/h1-7H,(H,9,10,11);;;. The summed E-state index contributed by atoms with van der Waals surface area (Å²) < 4.78 is 28.9. The van der Waals surface area contributed by atoms with E-state index in [0.29, 0.717) is 0 Å². The lowest BCUT2D eigenvalue weighted by Crippen LogP contribution is -1.88. The van der Waals surface area contributed by atoms with Crippen LogP contribution in [0.3, 0.4) is 0 Å². The first-order chi connectivity index (χ1) is 5.58. The van der Waals surface area contributed by atoms with Gasteiger partial charge in [-0.3, -0.25) is 4.55 Å². The topological polar surface area (TPSA) is 54.4 Å². The summed E-state index contributed by atoms with van der Waals surface area (Å²) >= 11 is 0. The lowest BCUT2D eigenvalue weighted by molar-refractivity contribution is 0.494. The van der Waals surface area contributed by atoms with E-state index in [4.69, 9.17) is 4.55 Å². The second-order valence-corrected chi connectivity index (χ2v) is 3.53. The molecular formula is C8H10MgO3S. The Hall–Kier alpha value is -0.364. The minimum absolute atomic E-state index is 0. The Morgan fingerprint density at radius 3 is 2.15 bits per heavy atom. The van der Waals surface area contributed by atoms with Crippen LogP contribution in [0.2, 0.25) is 0 Å². The van der Waals surface area contributed by atoms with Gasteiger partial charge >= 0.3 is 23.1 Å². The van der Waals surface area contributed by atoms with Crippen molar-refractivity contribution in [3.05, 3.63) is 41.3 Å². The molecule has 13 heavy (non-hydrogen) atoms. The molecule has 1 N–H and O–H groups in total. The molecule has 0 spiro atoms. The number of hydrogen-bond acceptors (Lipinski definition) is 2. The Morgan fingerprint density at radius 2 is 1.69 bits per heavy atom. The molecule has 0 aliphatic heterocycles. The van der Waals surface area contributed by atoms with Gasteiger partial charge < -0.3 is 0 Å².